The van der Waals surface area contributed by atoms with Crippen LogP contribution in [-0.2, 0) is 10.0 Å². The molecule has 0 radical (unpaired) electrons. The van der Waals surface area contributed by atoms with Gasteiger partial charge in [0.2, 0.25) is 16.0 Å². The number of benzene rings is 2. The SMILES string of the molecule is Cc1ccc(Nc2nc(Nc3ccc(N4CCN(C)CC4)cc3)ncc2C)cc1NS(=O)(=O)C(C)(C)C. The van der Waals surface area contributed by atoms with Gasteiger partial charge in [0.25, 0.3) is 0 Å². The van der Waals surface area contributed by atoms with Crippen LogP contribution in [0.2, 0.25) is 0 Å². The van der Waals surface area contributed by atoms with Gasteiger partial charge in [-0.05, 0) is 83.6 Å². The smallest absolute Gasteiger partial charge is 0.237 e. The first-order valence-corrected chi connectivity index (χ1v) is 13.9. The Balaban J connectivity index is 1.48. The molecule has 0 bridgehead atoms. The van der Waals surface area contributed by atoms with Gasteiger partial charge in [-0.25, -0.2) is 13.4 Å². The third-order valence-electron chi connectivity index (χ3n) is 6.51. The van der Waals surface area contributed by atoms with Gasteiger partial charge in [0, 0.05) is 55.0 Å². The maximum absolute atomic E-state index is 12.7. The van der Waals surface area contributed by atoms with Crippen molar-refractivity contribution in [1.82, 2.24) is 14.9 Å². The van der Waals surface area contributed by atoms with Crippen molar-refractivity contribution in [2.45, 2.75) is 39.4 Å². The molecule has 10 heteroatoms. The van der Waals surface area contributed by atoms with Gasteiger partial charge in [0.15, 0.2) is 0 Å². The molecular formula is C27H37N7O2S. The topological polar surface area (TPSA) is 102 Å². The fourth-order valence-corrected chi connectivity index (χ4v) is 4.64. The number of nitrogens with zero attached hydrogens (tertiary/aromatic N) is 4. The predicted molar refractivity (Wildman–Crippen MR) is 153 cm³/mol. The van der Waals surface area contributed by atoms with E-state index >= 15 is 0 Å². The van der Waals surface area contributed by atoms with E-state index in [1.807, 2.05) is 38.1 Å². The predicted octanol–water partition coefficient (Wildman–Crippen LogP) is 4.87. The molecule has 198 valence electrons. The second kappa shape index (κ2) is 10.5. The number of hydrogen-bond donors (Lipinski definition) is 3. The van der Waals surface area contributed by atoms with Crippen LogP contribution in [0.25, 0.3) is 0 Å². The first-order chi connectivity index (χ1) is 17.4. The molecule has 0 atom stereocenters. The van der Waals surface area contributed by atoms with Gasteiger partial charge in [0.05, 0.1) is 10.4 Å². The van der Waals surface area contributed by atoms with E-state index < -0.39 is 14.8 Å². The Labute approximate surface area is 220 Å². The molecule has 0 amide bonds. The first kappa shape index (κ1) is 26.7. The molecule has 37 heavy (non-hydrogen) atoms. The molecule has 1 aliphatic heterocycles. The summed E-state index contributed by atoms with van der Waals surface area (Å²) < 4.78 is 27.2. The maximum Gasteiger partial charge on any atom is 0.237 e. The summed E-state index contributed by atoms with van der Waals surface area (Å²) in [6, 6.07) is 13.9. The van der Waals surface area contributed by atoms with Crippen LogP contribution in [0.3, 0.4) is 0 Å². The molecule has 2 aromatic carbocycles. The number of rotatable bonds is 7. The lowest BCUT2D eigenvalue weighted by Crippen LogP contribution is -2.44. The Morgan fingerprint density at radius 3 is 2.16 bits per heavy atom. The Bertz CT molecular complexity index is 1340. The van der Waals surface area contributed by atoms with Gasteiger partial charge in [-0.1, -0.05) is 6.07 Å². The molecule has 0 aliphatic carbocycles. The van der Waals surface area contributed by atoms with Crippen LogP contribution in [-0.4, -0.2) is 61.3 Å². The lowest BCUT2D eigenvalue weighted by Gasteiger charge is -2.34. The summed E-state index contributed by atoms with van der Waals surface area (Å²) >= 11 is 0. The number of sulfonamides is 1. The highest BCUT2D eigenvalue weighted by atomic mass is 32.2. The van der Waals surface area contributed by atoms with Gasteiger partial charge in [-0.15, -0.1) is 0 Å². The Morgan fingerprint density at radius 2 is 1.51 bits per heavy atom. The molecule has 1 aliphatic rings. The summed E-state index contributed by atoms with van der Waals surface area (Å²) in [6.07, 6.45) is 1.76. The highest BCUT2D eigenvalue weighted by Crippen LogP contribution is 2.28. The van der Waals surface area contributed by atoms with E-state index in [4.69, 9.17) is 0 Å². The summed E-state index contributed by atoms with van der Waals surface area (Å²) in [4.78, 5) is 13.8. The first-order valence-electron chi connectivity index (χ1n) is 12.5. The Hall–Kier alpha value is -3.37. The molecule has 1 fully saturated rings. The maximum atomic E-state index is 12.7. The minimum atomic E-state index is -3.54. The summed E-state index contributed by atoms with van der Waals surface area (Å²) in [7, 11) is -1.39. The molecule has 9 nitrogen and oxygen atoms in total. The number of piperazine rings is 1. The summed E-state index contributed by atoms with van der Waals surface area (Å²) in [5, 5.41) is 6.59. The van der Waals surface area contributed by atoms with E-state index in [-0.39, 0.29) is 0 Å². The van der Waals surface area contributed by atoms with Crippen molar-refractivity contribution in [3.05, 3.63) is 59.8 Å². The number of aromatic nitrogens is 2. The average Bonchev–Trinajstić information content (AvgIpc) is 2.83. The van der Waals surface area contributed by atoms with Crippen molar-refractivity contribution in [3.8, 4) is 0 Å². The molecule has 4 rings (SSSR count). The van der Waals surface area contributed by atoms with Crippen LogP contribution >= 0.6 is 0 Å². The fraction of sp³-hybridized carbons (Fsp3) is 0.407. The third-order valence-corrected chi connectivity index (χ3v) is 8.62. The van der Waals surface area contributed by atoms with Crippen LogP contribution in [0.1, 0.15) is 31.9 Å². The largest absolute Gasteiger partial charge is 0.369 e. The van der Waals surface area contributed by atoms with Crippen molar-refractivity contribution in [2.75, 3.05) is 53.5 Å². The van der Waals surface area contributed by atoms with E-state index in [9.17, 15) is 8.42 Å². The lowest BCUT2D eigenvalue weighted by atomic mass is 10.2. The van der Waals surface area contributed by atoms with E-state index in [1.165, 1.54) is 5.69 Å². The van der Waals surface area contributed by atoms with Crippen molar-refractivity contribution < 1.29 is 8.42 Å². The second-order valence-electron chi connectivity index (χ2n) is 10.6. The normalized spacial score (nSPS) is 14.9. The molecule has 2 heterocycles. The third kappa shape index (κ3) is 6.50. The zero-order chi connectivity index (χ0) is 26.8. The van der Waals surface area contributed by atoms with Gasteiger partial charge >= 0.3 is 0 Å². The van der Waals surface area contributed by atoms with Gasteiger partial charge in [0.1, 0.15) is 5.82 Å². The monoisotopic (exact) mass is 523 g/mol. The molecule has 1 saturated heterocycles. The molecular weight excluding hydrogens is 486 g/mol. The van der Waals surface area contributed by atoms with Crippen molar-refractivity contribution in [3.63, 3.8) is 0 Å². The minimum Gasteiger partial charge on any atom is -0.369 e. The number of anilines is 6. The van der Waals surface area contributed by atoms with Crippen LogP contribution in [0, 0.1) is 13.8 Å². The zero-order valence-electron chi connectivity index (χ0n) is 22.5. The van der Waals surface area contributed by atoms with Crippen molar-refractivity contribution in [1.29, 1.82) is 0 Å². The quantitative estimate of drug-likeness (QED) is 0.403. The van der Waals surface area contributed by atoms with E-state index in [1.54, 1.807) is 33.0 Å². The van der Waals surface area contributed by atoms with E-state index in [2.05, 4.69) is 54.3 Å². The van der Waals surface area contributed by atoms with E-state index in [0.29, 0.717) is 17.5 Å². The standard InChI is InChI=1S/C27H37N7O2S/c1-19-7-8-22(17-24(19)32-37(35,36)27(3,4)5)29-25-20(2)18-28-26(31-25)30-21-9-11-23(12-10-21)34-15-13-33(6)14-16-34/h7-12,17-18,32H,13-16H2,1-6H3,(H2,28,29,30,31). The van der Waals surface area contributed by atoms with Gasteiger partial charge in [-0.2, -0.15) is 4.98 Å². The summed E-state index contributed by atoms with van der Waals surface area (Å²) in [5.74, 6) is 1.11. The average molecular weight is 524 g/mol. The second-order valence-corrected chi connectivity index (χ2v) is 13.0. The molecule has 1 aromatic heterocycles. The van der Waals surface area contributed by atoms with Gasteiger partial charge in [-0.3, -0.25) is 4.72 Å². The van der Waals surface area contributed by atoms with Gasteiger partial charge < -0.3 is 20.4 Å². The number of nitrogens with one attached hydrogen (secondary N) is 3. The minimum absolute atomic E-state index is 0.473. The number of hydrogen-bond acceptors (Lipinski definition) is 8. The highest BCUT2D eigenvalue weighted by molar-refractivity contribution is 7.94. The summed E-state index contributed by atoms with van der Waals surface area (Å²) in [5.41, 5.74) is 5.07. The number of likely N-dealkylation sites (N-methyl/N-ethyl adjacent to an activating group) is 1. The van der Waals surface area contributed by atoms with Crippen LogP contribution in [0.5, 0.6) is 0 Å². The van der Waals surface area contributed by atoms with Crippen molar-refractivity contribution >= 4 is 44.5 Å². The number of aryl methyl sites for hydroxylation is 2. The molecule has 3 aromatic rings. The molecule has 0 unspecified atom stereocenters. The van der Waals surface area contributed by atoms with Crippen molar-refractivity contribution in [2.24, 2.45) is 0 Å². The lowest BCUT2D eigenvalue weighted by molar-refractivity contribution is 0.313. The molecule has 0 saturated carbocycles. The van der Waals surface area contributed by atoms with Crippen LogP contribution in [0.4, 0.5) is 34.5 Å². The van der Waals surface area contributed by atoms with Crippen LogP contribution < -0.4 is 20.3 Å². The Morgan fingerprint density at radius 1 is 0.865 bits per heavy atom. The summed E-state index contributed by atoms with van der Waals surface area (Å²) in [6.45, 7) is 13.0. The van der Waals surface area contributed by atoms with E-state index in [0.717, 1.165) is 48.7 Å². The highest BCUT2D eigenvalue weighted by Gasteiger charge is 2.29. The zero-order valence-corrected chi connectivity index (χ0v) is 23.3. The molecule has 0 spiro atoms. The van der Waals surface area contributed by atoms with Crippen LogP contribution in [0.15, 0.2) is 48.7 Å². The fourth-order valence-electron chi connectivity index (χ4n) is 3.82. The Kier molecular flexibility index (Phi) is 7.61. The molecule has 3 N–H and O–H groups in total.